The zero-order valence-electron chi connectivity index (χ0n) is 29.3. The minimum atomic E-state index is -1.34. The number of nitrogens with two attached hydrogens (primary N) is 3. The highest BCUT2D eigenvalue weighted by atomic mass is 32.1. The fourth-order valence-electron chi connectivity index (χ4n) is 5.30. The van der Waals surface area contributed by atoms with Crippen molar-refractivity contribution in [3.8, 4) is 0 Å². The number of nitrogens with zero attached hydrogens (tertiary/aromatic N) is 2. The average molecular weight is 783 g/mol. The summed E-state index contributed by atoms with van der Waals surface area (Å²) in [6.45, 7) is 0.945. The van der Waals surface area contributed by atoms with Crippen LogP contribution in [-0.4, -0.2) is 136 Å². The number of likely N-dealkylation sites (tertiary alicyclic amines) is 1. The Kier molecular flexibility index (Phi) is 18.9. The molecule has 1 aliphatic rings. The first-order valence-electron chi connectivity index (χ1n) is 16.9. The number of amides is 6. The predicted octanol–water partition coefficient (Wildman–Crippen LogP) is -4.02. The number of benzene rings is 1. The van der Waals surface area contributed by atoms with E-state index in [9.17, 15) is 38.7 Å². The molecule has 0 spiro atoms. The summed E-state index contributed by atoms with van der Waals surface area (Å²) in [7, 11) is 0. The largest absolute Gasteiger partial charge is 0.480 e. The van der Waals surface area contributed by atoms with Crippen LogP contribution in [0.4, 0.5) is 0 Å². The van der Waals surface area contributed by atoms with Crippen molar-refractivity contribution in [1.82, 2.24) is 31.5 Å². The molecule has 2 rings (SSSR count). The maximum absolute atomic E-state index is 14.2. The Balaban J connectivity index is 2.28. The lowest BCUT2D eigenvalue weighted by Crippen LogP contribution is -2.60. The standard InChI is InChI=1S/C32H50N10O9S2/c1-17(43)25(33)30(50)38-19(9-5-11-36-32(34)35)27(47)39-20(13-18-7-3-2-4-8-18)31(51)42-12-6-10-23(42)29(49)41-22(16-53)28(48)40-21(15-52)26(46)37-14-24(44)45/h2-4,7-8,17,19-23,25,43,52-53H,5-6,9-16,33H2,1H3,(H,37,46)(H,38,50)(H,39,47)(H,40,48)(H,41,49)(H,44,45)(H4,34,35,36)/t17-,19+,20+,21+,22+,23+,25+/m1/s1. The number of aliphatic hydroxyl groups is 1. The lowest BCUT2D eigenvalue weighted by molar-refractivity contribution is -0.142. The summed E-state index contributed by atoms with van der Waals surface area (Å²) in [5.41, 5.74) is 17.3. The van der Waals surface area contributed by atoms with E-state index < -0.39 is 90.3 Å². The van der Waals surface area contributed by atoms with Crippen LogP contribution in [0.3, 0.4) is 0 Å². The molecule has 0 radical (unpaired) electrons. The average Bonchev–Trinajstić information content (AvgIpc) is 3.62. The monoisotopic (exact) mass is 782 g/mol. The molecule has 21 heteroatoms. The number of rotatable bonds is 21. The third-order valence-corrected chi connectivity index (χ3v) is 8.91. The summed E-state index contributed by atoms with van der Waals surface area (Å²) in [4.78, 5) is 95.6. The zero-order valence-corrected chi connectivity index (χ0v) is 31.1. The van der Waals surface area contributed by atoms with Crippen LogP contribution in [0.15, 0.2) is 35.3 Å². The van der Waals surface area contributed by atoms with Gasteiger partial charge in [0, 0.05) is 31.0 Å². The Morgan fingerprint density at radius 3 is 2.06 bits per heavy atom. The number of aliphatic carboxylic acids is 1. The third kappa shape index (κ3) is 14.7. The van der Waals surface area contributed by atoms with Gasteiger partial charge in [0.25, 0.3) is 0 Å². The fraction of sp³-hybridized carbons (Fsp3) is 0.562. The number of carbonyl (C=O) groups excluding carboxylic acids is 6. The second-order valence-corrected chi connectivity index (χ2v) is 13.0. The molecule has 0 bridgehead atoms. The highest BCUT2D eigenvalue weighted by Crippen LogP contribution is 2.20. The van der Waals surface area contributed by atoms with E-state index in [1.165, 1.54) is 11.8 Å². The second-order valence-electron chi connectivity index (χ2n) is 12.3. The Morgan fingerprint density at radius 2 is 1.47 bits per heavy atom. The van der Waals surface area contributed by atoms with Gasteiger partial charge in [0.05, 0.1) is 6.10 Å². The van der Waals surface area contributed by atoms with Crippen molar-refractivity contribution in [2.75, 3.05) is 31.1 Å². The van der Waals surface area contributed by atoms with Gasteiger partial charge in [-0.25, -0.2) is 0 Å². The number of hydrogen-bond acceptors (Lipinski definition) is 12. The normalized spacial score (nSPS) is 17.2. The van der Waals surface area contributed by atoms with E-state index in [2.05, 4.69) is 56.8 Å². The number of thiol groups is 2. The molecular formula is C32H50N10O9S2. The number of nitrogens with one attached hydrogen (secondary N) is 5. The SMILES string of the molecule is C[C@@H](O)[C@H](N)C(=O)N[C@@H](CCCN=C(N)N)C(=O)N[C@@H](Cc1ccccc1)C(=O)N1CCC[C@H]1C(=O)N[C@@H](CS)C(=O)N[C@@H](CS)C(=O)NCC(=O)O. The number of aliphatic hydroxyl groups excluding tert-OH is 1. The van der Waals surface area contributed by atoms with Gasteiger partial charge in [0.2, 0.25) is 35.4 Å². The Bertz CT molecular complexity index is 1470. The minimum Gasteiger partial charge on any atom is -0.480 e. The summed E-state index contributed by atoms with van der Waals surface area (Å²) in [5, 5.41) is 31.0. The lowest BCUT2D eigenvalue weighted by atomic mass is 10.0. The van der Waals surface area contributed by atoms with Crippen molar-refractivity contribution in [3.05, 3.63) is 35.9 Å². The molecule has 1 aromatic rings. The van der Waals surface area contributed by atoms with Crippen molar-refractivity contribution >= 4 is 72.6 Å². The molecular weight excluding hydrogens is 733 g/mol. The molecule has 0 aromatic heterocycles. The van der Waals surface area contributed by atoms with E-state index in [0.717, 1.165) is 0 Å². The van der Waals surface area contributed by atoms with E-state index in [1.54, 1.807) is 30.3 Å². The molecule has 7 atom stereocenters. The van der Waals surface area contributed by atoms with Crippen molar-refractivity contribution in [1.29, 1.82) is 0 Å². The van der Waals surface area contributed by atoms with Crippen molar-refractivity contribution in [2.45, 2.75) is 81.4 Å². The molecule has 6 amide bonds. The topological polar surface area (TPSA) is 314 Å². The first-order valence-corrected chi connectivity index (χ1v) is 18.1. The highest BCUT2D eigenvalue weighted by Gasteiger charge is 2.40. The number of guanidine groups is 1. The van der Waals surface area contributed by atoms with Gasteiger partial charge in [-0.3, -0.25) is 38.6 Å². The van der Waals surface area contributed by atoms with E-state index >= 15 is 0 Å². The van der Waals surface area contributed by atoms with Crippen molar-refractivity contribution in [3.63, 3.8) is 0 Å². The molecule has 13 N–H and O–H groups in total. The minimum absolute atomic E-state index is 0.0227. The predicted molar refractivity (Wildman–Crippen MR) is 201 cm³/mol. The van der Waals surface area contributed by atoms with Crippen molar-refractivity contribution in [2.24, 2.45) is 22.2 Å². The van der Waals surface area contributed by atoms with Gasteiger partial charge >= 0.3 is 5.97 Å². The molecule has 19 nitrogen and oxygen atoms in total. The smallest absolute Gasteiger partial charge is 0.322 e. The van der Waals surface area contributed by atoms with Gasteiger partial charge in [-0.15, -0.1) is 0 Å². The van der Waals surface area contributed by atoms with Gasteiger partial charge < -0.3 is 58.9 Å². The Labute approximate surface area is 317 Å². The molecule has 1 saturated heterocycles. The summed E-state index contributed by atoms with van der Waals surface area (Å²) in [6, 6.07) is 1.57. The van der Waals surface area contributed by atoms with Crippen LogP contribution in [0.2, 0.25) is 0 Å². The molecule has 0 unspecified atom stereocenters. The molecule has 1 heterocycles. The van der Waals surface area contributed by atoms with Crippen LogP contribution >= 0.6 is 25.3 Å². The van der Waals surface area contributed by atoms with E-state index in [1.807, 2.05) is 0 Å². The van der Waals surface area contributed by atoms with Crippen LogP contribution in [0.25, 0.3) is 0 Å². The maximum atomic E-state index is 14.2. The maximum Gasteiger partial charge on any atom is 0.322 e. The number of aliphatic imine (C=N–C) groups is 1. The van der Waals surface area contributed by atoms with Crippen LogP contribution in [0, 0.1) is 0 Å². The van der Waals surface area contributed by atoms with Gasteiger partial charge in [-0.05, 0) is 38.2 Å². The van der Waals surface area contributed by atoms with Gasteiger partial charge in [-0.2, -0.15) is 25.3 Å². The van der Waals surface area contributed by atoms with E-state index in [-0.39, 0.29) is 56.2 Å². The Hall–Kier alpha value is -4.60. The van der Waals surface area contributed by atoms with Gasteiger partial charge in [0.1, 0.15) is 42.8 Å². The van der Waals surface area contributed by atoms with Gasteiger partial charge in [-0.1, -0.05) is 30.3 Å². The van der Waals surface area contributed by atoms with Crippen LogP contribution in [-0.2, 0) is 40.0 Å². The molecule has 1 aromatic carbocycles. The molecule has 1 fully saturated rings. The first kappa shape index (κ1) is 44.6. The summed E-state index contributed by atoms with van der Waals surface area (Å²) < 4.78 is 0. The van der Waals surface area contributed by atoms with Crippen LogP contribution < -0.4 is 43.8 Å². The van der Waals surface area contributed by atoms with Crippen molar-refractivity contribution < 1.29 is 43.8 Å². The Morgan fingerprint density at radius 1 is 0.887 bits per heavy atom. The third-order valence-electron chi connectivity index (χ3n) is 8.18. The summed E-state index contributed by atoms with van der Waals surface area (Å²) in [6.07, 6.45) is -0.221. The summed E-state index contributed by atoms with van der Waals surface area (Å²) >= 11 is 8.21. The van der Waals surface area contributed by atoms with Gasteiger partial charge in [0.15, 0.2) is 5.96 Å². The number of carboxylic acids is 1. The molecule has 0 aliphatic carbocycles. The molecule has 294 valence electrons. The zero-order chi connectivity index (χ0) is 39.7. The number of hydrogen-bond donors (Lipinski definition) is 12. The number of carboxylic acid groups (broad SMARTS) is 1. The molecule has 1 aliphatic heterocycles. The fourth-order valence-corrected chi connectivity index (χ4v) is 5.81. The van der Waals surface area contributed by atoms with E-state index in [0.29, 0.717) is 12.0 Å². The lowest BCUT2D eigenvalue weighted by Gasteiger charge is -2.31. The van der Waals surface area contributed by atoms with Crippen LogP contribution in [0.5, 0.6) is 0 Å². The first-order chi connectivity index (χ1) is 25.1. The van der Waals surface area contributed by atoms with E-state index in [4.69, 9.17) is 22.3 Å². The molecule has 53 heavy (non-hydrogen) atoms. The highest BCUT2D eigenvalue weighted by molar-refractivity contribution is 7.80. The summed E-state index contributed by atoms with van der Waals surface area (Å²) in [5.74, 6) is -6.17. The van der Waals surface area contributed by atoms with Crippen LogP contribution in [0.1, 0.15) is 38.2 Å². The quantitative estimate of drug-likeness (QED) is 0.0246. The number of carbonyl (C=O) groups is 7. The molecule has 0 saturated carbocycles. The second kappa shape index (κ2) is 22.5.